The van der Waals surface area contributed by atoms with Gasteiger partial charge in [-0.3, -0.25) is 0 Å². The summed E-state index contributed by atoms with van der Waals surface area (Å²) in [6.07, 6.45) is 0.515. The van der Waals surface area contributed by atoms with Crippen LogP contribution in [0.15, 0.2) is 12.7 Å². The second kappa shape index (κ2) is 13.5. The number of hydrogen-bond donors (Lipinski definition) is 0. The lowest BCUT2D eigenvalue weighted by Crippen LogP contribution is -2.49. The van der Waals surface area contributed by atoms with Crippen LogP contribution in [0.3, 0.4) is 0 Å². The third-order valence-corrected chi connectivity index (χ3v) is 5.96. The molecule has 0 aromatic rings. The Bertz CT molecular complexity index is 339. The Hall–Kier alpha value is -0.773. The predicted octanol–water partition coefficient (Wildman–Crippen LogP) is 2.88. The number of carbonyl (C=O) groups is 1. The Balaban J connectivity index is 4.95. The van der Waals surface area contributed by atoms with Gasteiger partial charge in [-0.2, -0.15) is 0 Å². The molecular weight excluding hydrogens is 332 g/mol. The van der Waals surface area contributed by atoms with Crippen LogP contribution in [0.25, 0.3) is 0 Å². The first-order valence-corrected chi connectivity index (χ1v) is 10.4. The molecule has 0 N–H and O–H groups in total. The highest BCUT2D eigenvalue weighted by Gasteiger charge is 2.43. The standard InChI is InChI=1S/C16H32O7Si/c1-7-15(17)22-14(6)23-24(20-10-4,21-11-5)13-12-16(18-8-2)19-9-3/h7,14,16H,1,8-13H2,2-6H3. The molecule has 0 aliphatic heterocycles. The summed E-state index contributed by atoms with van der Waals surface area (Å²) in [5.74, 6) is -0.556. The monoisotopic (exact) mass is 364 g/mol. The van der Waals surface area contributed by atoms with E-state index in [-0.39, 0.29) is 6.29 Å². The van der Waals surface area contributed by atoms with Gasteiger partial charge in [0.05, 0.1) is 0 Å². The van der Waals surface area contributed by atoms with Crippen LogP contribution in [0.5, 0.6) is 0 Å². The molecule has 0 aliphatic carbocycles. The summed E-state index contributed by atoms with van der Waals surface area (Å²) in [7, 11) is -3.03. The van der Waals surface area contributed by atoms with Crippen molar-refractivity contribution in [1.82, 2.24) is 0 Å². The number of esters is 1. The van der Waals surface area contributed by atoms with Gasteiger partial charge in [-0.1, -0.05) is 6.58 Å². The summed E-state index contributed by atoms with van der Waals surface area (Å²) >= 11 is 0. The highest BCUT2D eigenvalue weighted by atomic mass is 28.4. The molecule has 0 aromatic carbocycles. The maximum Gasteiger partial charge on any atom is 0.503 e. The number of carbonyl (C=O) groups excluding carboxylic acids is 1. The van der Waals surface area contributed by atoms with E-state index >= 15 is 0 Å². The van der Waals surface area contributed by atoms with Crippen LogP contribution in [0.4, 0.5) is 0 Å². The summed E-state index contributed by atoms with van der Waals surface area (Å²) in [5, 5.41) is 0. The second-order valence-electron chi connectivity index (χ2n) is 4.75. The molecule has 0 saturated carbocycles. The Morgan fingerprint density at radius 1 is 1.04 bits per heavy atom. The van der Waals surface area contributed by atoms with Crippen LogP contribution in [-0.4, -0.2) is 53.8 Å². The van der Waals surface area contributed by atoms with E-state index in [4.69, 9.17) is 27.5 Å². The Labute approximate surface area is 146 Å². The molecule has 142 valence electrons. The lowest BCUT2D eigenvalue weighted by Gasteiger charge is -2.32. The molecule has 0 amide bonds. The molecule has 0 bridgehead atoms. The van der Waals surface area contributed by atoms with Crippen molar-refractivity contribution in [2.75, 3.05) is 26.4 Å². The van der Waals surface area contributed by atoms with Crippen molar-refractivity contribution in [3.63, 3.8) is 0 Å². The topological polar surface area (TPSA) is 72.5 Å². The molecular formula is C16H32O7Si. The maximum absolute atomic E-state index is 11.3. The van der Waals surface area contributed by atoms with Gasteiger partial charge in [-0.15, -0.1) is 0 Å². The molecule has 0 spiro atoms. The van der Waals surface area contributed by atoms with E-state index < -0.39 is 21.1 Å². The maximum atomic E-state index is 11.3. The van der Waals surface area contributed by atoms with Crippen molar-refractivity contribution < 1.29 is 32.3 Å². The minimum absolute atomic E-state index is 0.345. The molecule has 0 rings (SSSR count). The second-order valence-corrected chi connectivity index (χ2v) is 7.43. The van der Waals surface area contributed by atoms with Gasteiger partial charge in [-0.05, 0) is 34.6 Å². The summed E-state index contributed by atoms with van der Waals surface area (Å²) in [5.41, 5.74) is 0. The minimum atomic E-state index is -3.03. The van der Waals surface area contributed by atoms with Crippen LogP contribution < -0.4 is 0 Å². The van der Waals surface area contributed by atoms with E-state index in [1.165, 1.54) is 0 Å². The molecule has 0 aliphatic rings. The van der Waals surface area contributed by atoms with E-state index in [2.05, 4.69) is 6.58 Å². The fraction of sp³-hybridized carbons (Fsp3) is 0.812. The molecule has 0 saturated heterocycles. The molecule has 0 radical (unpaired) electrons. The van der Waals surface area contributed by atoms with Crippen LogP contribution >= 0.6 is 0 Å². The average molecular weight is 365 g/mol. The van der Waals surface area contributed by atoms with Crippen molar-refractivity contribution in [2.45, 2.75) is 59.7 Å². The first kappa shape index (κ1) is 23.2. The van der Waals surface area contributed by atoms with Crippen molar-refractivity contribution >= 4 is 14.8 Å². The largest absolute Gasteiger partial charge is 0.503 e. The van der Waals surface area contributed by atoms with E-state index in [1.807, 2.05) is 27.7 Å². The highest BCUT2D eigenvalue weighted by Crippen LogP contribution is 2.23. The predicted molar refractivity (Wildman–Crippen MR) is 92.3 cm³/mol. The van der Waals surface area contributed by atoms with E-state index in [1.54, 1.807) is 6.92 Å². The third-order valence-electron chi connectivity index (χ3n) is 2.91. The average Bonchev–Trinajstić information content (AvgIpc) is 2.53. The number of ether oxygens (including phenoxy) is 3. The molecule has 1 atom stereocenters. The van der Waals surface area contributed by atoms with Gasteiger partial charge in [0.1, 0.15) is 0 Å². The molecule has 7 nitrogen and oxygen atoms in total. The lowest BCUT2D eigenvalue weighted by atomic mass is 10.4. The van der Waals surface area contributed by atoms with Gasteiger partial charge >= 0.3 is 14.8 Å². The molecule has 0 heterocycles. The highest BCUT2D eigenvalue weighted by molar-refractivity contribution is 6.60. The van der Waals surface area contributed by atoms with Gasteiger partial charge in [0.2, 0.25) is 0 Å². The minimum Gasteiger partial charge on any atom is -0.434 e. The zero-order valence-corrected chi connectivity index (χ0v) is 16.5. The van der Waals surface area contributed by atoms with Crippen molar-refractivity contribution in [3.05, 3.63) is 12.7 Å². The quantitative estimate of drug-likeness (QED) is 0.191. The van der Waals surface area contributed by atoms with Crippen LogP contribution in [-0.2, 0) is 32.3 Å². The molecule has 1 unspecified atom stereocenters. The van der Waals surface area contributed by atoms with Gasteiger partial charge in [0.25, 0.3) is 0 Å². The smallest absolute Gasteiger partial charge is 0.434 e. The lowest BCUT2D eigenvalue weighted by molar-refractivity contribution is -0.162. The fourth-order valence-corrected chi connectivity index (χ4v) is 4.77. The zero-order valence-electron chi connectivity index (χ0n) is 15.5. The van der Waals surface area contributed by atoms with E-state index in [0.717, 1.165) is 6.08 Å². The molecule has 0 aromatic heterocycles. The summed E-state index contributed by atoms with van der Waals surface area (Å²) in [4.78, 5) is 11.3. The van der Waals surface area contributed by atoms with Crippen LogP contribution in [0.2, 0.25) is 6.04 Å². The summed E-state index contributed by atoms with van der Waals surface area (Å²) < 4.78 is 33.7. The Morgan fingerprint density at radius 2 is 1.58 bits per heavy atom. The van der Waals surface area contributed by atoms with Crippen LogP contribution in [0, 0.1) is 0 Å². The molecule has 0 fully saturated rings. The summed E-state index contributed by atoms with van der Waals surface area (Å²) in [6, 6.07) is 0.495. The zero-order chi connectivity index (χ0) is 18.4. The van der Waals surface area contributed by atoms with Crippen molar-refractivity contribution in [3.8, 4) is 0 Å². The van der Waals surface area contributed by atoms with Crippen molar-refractivity contribution in [1.29, 1.82) is 0 Å². The van der Waals surface area contributed by atoms with Crippen molar-refractivity contribution in [2.24, 2.45) is 0 Å². The molecule has 24 heavy (non-hydrogen) atoms. The molecule has 8 heteroatoms. The van der Waals surface area contributed by atoms with Crippen LogP contribution in [0.1, 0.15) is 41.0 Å². The number of rotatable bonds is 15. The van der Waals surface area contributed by atoms with Gasteiger partial charge in [0, 0.05) is 45.0 Å². The summed E-state index contributed by atoms with van der Waals surface area (Å²) in [6.45, 7) is 14.5. The number of hydrogen-bond acceptors (Lipinski definition) is 7. The fourth-order valence-electron chi connectivity index (χ4n) is 2.12. The van der Waals surface area contributed by atoms with Gasteiger partial charge in [0.15, 0.2) is 12.6 Å². The van der Waals surface area contributed by atoms with Gasteiger partial charge in [-0.25, -0.2) is 4.79 Å². The third kappa shape index (κ3) is 9.51. The van der Waals surface area contributed by atoms with Gasteiger partial charge < -0.3 is 27.5 Å². The Morgan fingerprint density at radius 3 is 2.00 bits per heavy atom. The van der Waals surface area contributed by atoms with E-state index in [9.17, 15) is 4.79 Å². The Kier molecular flexibility index (Phi) is 13.1. The van der Waals surface area contributed by atoms with E-state index in [0.29, 0.717) is 38.9 Å². The first-order valence-electron chi connectivity index (χ1n) is 8.48. The SMILES string of the molecule is C=CC(=O)OC(C)O[Si](CCC(OCC)OCC)(OCC)OCC. The first-order chi connectivity index (χ1) is 11.5. The normalized spacial score (nSPS) is 13.1.